The normalized spacial score (nSPS) is 11.8. The maximum atomic E-state index is 12.8. The second-order valence-corrected chi connectivity index (χ2v) is 10.3. The van der Waals surface area contributed by atoms with Crippen molar-refractivity contribution in [3.63, 3.8) is 0 Å². The Bertz CT molecular complexity index is 1460. The first-order valence-electron chi connectivity index (χ1n) is 12.3. The van der Waals surface area contributed by atoms with Crippen molar-refractivity contribution in [3.8, 4) is 16.9 Å². The molecule has 3 rings (SSSR count). The van der Waals surface area contributed by atoms with E-state index in [1.54, 1.807) is 36.4 Å². The molecule has 0 amide bonds. The van der Waals surface area contributed by atoms with Gasteiger partial charge in [-0.25, -0.2) is 13.2 Å². The molecule has 0 unspecified atom stereocenters. The van der Waals surface area contributed by atoms with E-state index in [4.69, 9.17) is 30.9 Å². The molecule has 232 valence electrons. The van der Waals surface area contributed by atoms with E-state index in [0.717, 1.165) is 11.1 Å². The lowest BCUT2D eigenvalue weighted by molar-refractivity contribution is -0.192. The van der Waals surface area contributed by atoms with E-state index >= 15 is 0 Å². The predicted molar refractivity (Wildman–Crippen MR) is 149 cm³/mol. The maximum absolute atomic E-state index is 12.8. The number of oxime groups is 1. The molecule has 0 fully saturated rings. The number of hydrogen-bond donors (Lipinski definition) is 5. The number of sulfonamides is 1. The number of rotatable bonds is 13. The van der Waals surface area contributed by atoms with E-state index in [9.17, 15) is 31.5 Å². The van der Waals surface area contributed by atoms with E-state index in [-0.39, 0.29) is 23.9 Å². The molecule has 3 aromatic carbocycles. The lowest BCUT2D eigenvalue weighted by atomic mass is 10.1. The number of guanidine groups is 1. The molecule has 0 aliphatic rings. The first-order chi connectivity index (χ1) is 20.2. The molecule has 0 aliphatic heterocycles. The van der Waals surface area contributed by atoms with Crippen LogP contribution in [0.4, 0.5) is 13.2 Å². The zero-order valence-corrected chi connectivity index (χ0v) is 23.2. The minimum Gasteiger partial charge on any atom is -0.493 e. The van der Waals surface area contributed by atoms with Gasteiger partial charge in [0.25, 0.3) is 0 Å². The fourth-order valence-corrected chi connectivity index (χ4v) is 4.47. The molecule has 0 aliphatic carbocycles. The molecule has 16 heteroatoms. The summed E-state index contributed by atoms with van der Waals surface area (Å²) in [7, 11) is -4.05. The van der Waals surface area contributed by atoms with Gasteiger partial charge in [0.05, 0.1) is 11.5 Å². The van der Waals surface area contributed by atoms with Crippen LogP contribution in [-0.4, -0.2) is 62.0 Å². The molecular weight excluding hydrogens is 597 g/mol. The van der Waals surface area contributed by atoms with Crippen molar-refractivity contribution in [1.29, 1.82) is 0 Å². The average Bonchev–Trinajstić information content (AvgIpc) is 2.95. The minimum atomic E-state index is -5.08. The summed E-state index contributed by atoms with van der Waals surface area (Å²) < 4.78 is 65.3. The topological polar surface area (TPSA) is 204 Å². The second kappa shape index (κ2) is 16.0. The summed E-state index contributed by atoms with van der Waals surface area (Å²) in [5.74, 6) is -3.62. The number of hydrogen-bond acceptors (Lipinski definition) is 7. The summed E-state index contributed by atoms with van der Waals surface area (Å²) in [4.78, 5) is 25.5. The van der Waals surface area contributed by atoms with Crippen molar-refractivity contribution in [2.75, 3.05) is 13.2 Å². The highest BCUT2D eigenvalue weighted by atomic mass is 32.2. The molecule has 1 atom stereocenters. The molecule has 0 saturated heterocycles. The Kier molecular flexibility index (Phi) is 12.8. The maximum Gasteiger partial charge on any atom is 0.490 e. The molecule has 0 spiro atoms. The molecule has 43 heavy (non-hydrogen) atoms. The summed E-state index contributed by atoms with van der Waals surface area (Å²) in [5, 5.41) is 20.2. The van der Waals surface area contributed by atoms with Gasteiger partial charge < -0.3 is 31.3 Å². The monoisotopic (exact) mass is 626 g/mol. The van der Waals surface area contributed by atoms with Gasteiger partial charge in [0.1, 0.15) is 18.4 Å². The number of carboxylic acid groups (broad SMARTS) is 2. The fraction of sp³-hybridized carbons (Fsp3) is 0.222. The first-order valence-corrected chi connectivity index (χ1v) is 13.8. The van der Waals surface area contributed by atoms with Crippen LogP contribution in [0.2, 0.25) is 0 Å². The van der Waals surface area contributed by atoms with Crippen LogP contribution >= 0.6 is 0 Å². The molecule has 7 N–H and O–H groups in total. The number of carboxylic acids is 2. The van der Waals surface area contributed by atoms with Gasteiger partial charge in [0.2, 0.25) is 16.0 Å². The summed E-state index contributed by atoms with van der Waals surface area (Å²) in [6.45, 7) is 0.644. The van der Waals surface area contributed by atoms with Crippen LogP contribution in [0.1, 0.15) is 12.0 Å². The van der Waals surface area contributed by atoms with Crippen LogP contribution in [-0.2, 0) is 30.9 Å². The van der Waals surface area contributed by atoms with Gasteiger partial charge in [0.15, 0.2) is 0 Å². The van der Waals surface area contributed by atoms with Gasteiger partial charge in [-0.1, -0.05) is 54.6 Å². The zero-order valence-electron chi connectivity index (χ0n) is 22.4. The van der Waals surface area contributed by atoms with Gasteiger partial charge in [-0.3, -0.25) is 4.79 Å². The smallest absolute Gasteiger partial charge is 0.490 e. The Morgan fingerprint density at radius 2 is 1.44 bits per heavy atom. The molecule has 0 saturated carbocycles. The van der Waals surface area contributed by atoms with Crippen molar-refractivity contribution in [1.82, 2.24) is 4.72 Å². The largest absolute Gasteiger partial charge is 0.493 e. The highest BCUT2D eigenvalue weighted by Crippen LogP contribution is 2.21. The van der Waals surface area contributed by atoms with Crippen molar-refractivity contribution in [3.05, 3.63) is 84.4 Å². The Morgan fingerprint density at radius 3 is 1.95 bits per heavy atom. The van der Waals surface area contributed by atoms with E-state index in [1.807, 2.05) is 30.3 Å². The molecule has 0 aromatic heterocycles. The number of alkyl halides is 3. The highest BCUT2D eigenvalue weighted by molar-refractivity contribution is 7.89. The molecule has 0 bridgehead atoms. The Hall–Kier alpha value is -4.83. The van der Waals surface area contributed by atoms with Crippen molar-refractivity contribution >= 4 is 27.9 Å². The average molecular weight is 627 g/mol. The van der Waals surface area contributed by atoms with Crippen LogP contribution in [0.5, 0.6) is 5.75 Å². The van der Waals surface area contributed by atoms with Crippen LogP contribution in [0.3, 0.4) is 0 Å². The Labute approximate surface area is 244 Å². The van der Waals surface area contributed by atoms with E-state index < -0.39 is 34.2 Å². The third kappa shape index (κ3) is 12.3. The molecule has 0 heterocycles. The van der Waals surface area contributed by atoms with E-state index in [1.165, 1.54) is 12.1 Å². The molecule has 3 aromatic rings. The first kappa shape index (κ1) is 34.4. The second-order valence-electron chi connectivity index (χ2n) is 8.60. The van der Waals surface area contributed by atoms with Crippen LogP contribution in [0.25, 0.3) is 11.1 Å². The standard InChI is InChI=1S/C25H28N4O6S.C2HF3O2/c26-25(27)28-35-16-4-15-34-21-11-7-18(8-12-21)17-23(24(30)31)29-36(32,33)22-13-9-20(10-14-22)19-5-2-1-3-6-19;3-2(4,5)1(6)7/h1-3,5-14,23,29H,4,15-17H2,(H,30,31)(H4,26,27,28);(H,6,7)/t23-;/m0./s1. The van der Waals surface area contributed by atoms with Crippen molar-refractivity contribution < 1.29 is 51.0 Å². The van der Waals surface area contributed by atoms with E-state index in [2.05, 4.69) is 9.88 Å². The SMILES string of the molecule is NC(N)=NOCCCOc1ccc(C[C@H](NS(=O)(=O)c2ccc(-c3ccccc3)cc2)C(=O)O)cc1.O=C(O)C(F)(F)F. The van der Waals surface area contributed by atoms with Gasteiger partial charge in [-0.15, -0.1) is 0 Å². The quantitative estimate of drug-likeness (QED) is 0.0812. The van der Waals surface area contributed by atoms with Crippen LogP contribution < -0.4 is 20.9 Å². The van der Waals surface area contributed by atoms with Gasteiger partial charge >= 0.3 is 18.1 Å². The Balaban J connectivity index is 0.000000821. The zero-order chi connectivity index (χ0) is 32.0. The third-order valence-electron chi connectivity index (χ3n) is 5.29. The minimum absolute atomic E-state index is 0.0130. The van der Waals surface area contributed by atoms with Crippen LogP contribution in [0.15, 0.2) is 88.9 Å². The lowest BCUT2D eigenvalue weighted by Crippen LogP contribution is -2.42. The summed E-state index contributed by atoms with van der Waals surface area (Å²) in [6, 6.07) is 21.2. The van der Waals surface area contributed by atoms with Gasteiger partial charge in [-0.2, -0.15) is 17.9 Å². The third-order valence-corrected chi connectivity index (χ3v) is 6.78. The number of nitrogens with zero attached hydrogens (tertiary/aromatic N) is 1. The number of ether oxygens (including phenoxy) is 1. The summed E-state index contributed by atoms with van der Waals surface area (Å²) >= 11 is 0. The fourth-order valence-electron chi connectivity index (χ4n) is 3.28. The Morgan fingerprint density at radius 1 is 0.884 bits per heavy atom. The summed E-state index contributed by atoms with van der Waals surface area (Å²) in [5.41, 5.74) is 12.7. The van der Waals surface area contributed by atoms with Gasteiger partial charge in [0, 0.05) is 6.42 Å². The van der Waals surface area contributed by atoms with Gasteiger partial charge in [-0.05, 0) is 52.5 Å². The number of nitrogens with two attached hydrogens (primary N) is 2. The van der Waals surface area contributed by atoms with Crippen molar-refractivity contribution in [2.45, 2.75) is 30.0 Å². The number of halogens is 3. The summed E-state index contributed by atoms with van der Waals surface area (Å²) in [6.07, 6.45) is -4.57. The number of aliphatic carboxylic acids is 2. The number of nitrogens with one attached hydrogen (secondary N) is 1. The molecule has 12 nitrogen and oxygen atoms in total. The number of carbonyl (C=O) groups is 2. The molecular formula is C27H29F3N4O8S. The van der Waals surface area contributed by atoms with E-state index in [0.29, 0.717) is 24.3 Å². The number of benzene rings is 3. The highest BCUT2D eigenvalue weighted by Gasteiger charge is 2.38. The molecule has 0 radical (unpaired) electrons. The van der Waals surface area contributed by atoms with Crippen LogP contribution in [0, 0.1) is 0 Å². The van der Waals surface area contributed by atoms with Crippen molar-refractivity contribution in [2.24, 2.45) is 16.6 Å². The predicted octanol–water partition coefficient (Wildman–Crippen LogP) is 2.94. The lowest BCUT2D eigenvalue weighted by Gasteiger charge is -2.16.